The van der Waals surface area contributed by atoms with E-state index in [4.69, 9.17) is 11.6 Å². The highest BCUT2D eigenvalue weighted by molar-refractivity contribution is 6.29. The Hall–Kier alpha value is -1.74. The number of nitrogens with one attached hydrogen (secondary N) is 1. The van der Waals surface area contributed by atoms with E-state index in [2.05, 4.69) is 45.5 Å². The summed E-state index contributed by atoms with van der Waals surface area (Å²) < 4.78 is 0. The first-order valence-electron chi connectivity index (χ1n) is 6.99. The molecule has 20 heavy (non-hydrogen) atoms. The zero-order valence-corrected chi connectivity index (χ0v) is 12.1. The number of para-hydroxylation sites is 1. The first-order chi connectivity index (χ1) is 9.81. The first kappa shape index (κ1) is 13.3. The minimum absolute atomic E-state index is 0.508. The van der Waals surface area contributed by atoms with Crippen LogP contribution >= 0.6 is 11.6 Å². The van der Waals surface area contributed by atoms with Crippen LogP contribution in [0.1, 0.15) is 12.8 Å². The van der Waals surface area contributed by atoms with Gasteiger partial charge in [-0.15, -0.1) is 0 Å². The fourth-order valence-corrected chi connectivity index (χ4v) is 2.82. The van der Waals surface area contributed by atoms with Crippen molar-refractivity contribution in [1.29, 1.82) is 0 Å². The average molecular weight is 288 g/mol. The molecule has 0 saturated carbocycles. The van der Waals surface area contributed by atoms with Crippen LogP contribution in [0, 0.1) is 0 Å². The molecule has 2 heterocycles. The quantitative estimate of drug-likeness (QED) is 0.870. The Morgan fingerprint density at radius 1 is 1.10 bits per heavy atom. The molecule has 1 fully saturated rings. The van der Waals surface area contributed by atoms with E-state index in [9.17, 15) is 0 Å². The number of pyridine rings is 1. The van der Waals surface area contributed by atoms with Crippen LogP contribution in [0.5, 0.6) is 0 Å². The van der Waals surface area contributed by atoms with Gasteiger partial charge in [0.05, 0.1) is 0 Å². The fraction of sp³-hybridized carbons (Fsp3) is 0.312. The molecule has 3 nitrogen and oxygen atoms in total. The molecular weight excluding hydrogens is 270 g/mol. The summed E-state index contributed by atoms with van der Waals surface area (Å²) >= 11 is 5.91. The molecular formula is C16H18ClN3. The normalized spacial score (nSPS) is 16.1. The summed E-state index contributed by atoms with van der Waals surface area (Å²) in [7, 11) is 0. The number of hydrogen-bond donors (Lipinski definition) is 1. The summed E-state index contributed by atoms with van der Waals surface area (Å²) in [6, 6.07) is 15.0. The van der Waals surface area contributed by atoms with Gasteiger partial charge in [0.1, 0.15) is 5.15 Å². The summed E-state index contributed by atoms with van der Waals surface area (Å²) in [6.07, 6.45) is 4.01. The van der Waals surface area contributed by atoms with Gasteiger partial charge < -0.3 is 10.2 Å². The van der Waals surface area contributed by atoms with Gasteiger partial charge in [0.15, 0.2) is 0 Å². The molecule has 1 N–H and O–H groups in total. The molecule has 1 saturated heterocycles. The van der Waals surface area contributed by atoms with Gasteiger partial charge in [-0.25, -0.2) is 4.98 Å². The van der Waals surface area contributed by atoms with Crippen LogP contribution in [-0.4, -0.2) is 24.1 Å². The van der Waals surface area contributed by atoms with E-state index >= 15 is 0 Å². The molecule has 4 heteroatoms. The van der Waals surface area contributed by atoms with Crippen LogP contribution in [-0.2, 0) is 0 Å². The predicted molar refractivity (Wildman–Crippen MR) is 84.5 cm³/mol. The van der Waals surface area contributed by atoms with E-state index in [1.54, 1.807) is 6.20 Å². The van der Waals surface area contributed by atoms with Crippen molar-refractivity contribution in [2.45, 2.75) is 18.9 Å². The van der Waals surface area contributed by atoms with Gasteiger partial charge >= 0.3 is 0 Å². The Morgan fingerprint density at radius 3 is 2.55 bits per heavy atom. The second-order valence-corrected chi connectivity index (χ2v) is 5.50. The van der Waals surface area contributed by atoms with E-state index in [0.717, 1.165) is 31.6 Å². The second kappa shape index (κ2) is 6.14. The van der Waals surface area contributed by atoms with Crippen molar-refractivity contribution in [3.05, 3.63) is 53.8 Å². The number of piperidine rings is 1. The zero-order chi connectivity index (χ0) is 13.8. The van der Waals surface area contributed by atoms with Crippen molar-refractivity contribution in [3.63, 3.8) is 0 Å². The Labute approximate surface area is 124 Å². The lowest BCUT2D eigenvalue weighted by Crippen LogP contribution is -2.39. The van der Waals surface area contributed by atoms with Crippen molar-refractivity contribution >= 4 is 23.0 Å². The maximum absolute atomic E-state index is 5.91. The standard InChI is InChI=1S/C16H18ClN3/c17-16-12-14(6-9-18-16)19-13-7-10-20(11-8-13)15-4-2-1-3-5-15/h1-6,9,12-13H,7-8,10-11H2,(H,18,19). The van der Waals surface area contributed by atoms with E-state index in [-0.39, 0.29) is 0 Å². The Morgan fingerprint density at radius 2 is 1.85 bits per heavy atom. The third kappa shape index (κ3) is 3.23. The molecule has 1 aliphatic rings. The molecule has 2 aromatic rings. The van der Waals surface area contributed by atoms with E-state index in [0.29, 0.717) is 11.2 Å². The smallest absolute Gasteiger partial charge is 0.131 e. The first-order valence-corrected chi connectivity index (χ1v) is 7.37. The summed E-state index contributed by atoms with van der Waals surface area (Å²) in [5.74, 6) is 0. The number of anilines is 2. The number of halogens is 1. The maximum atomic E-state index is 5.91. The molecule has 0 aliphatic carbocycles. The molecule has 1 aliphatic heterocycles. The van der Waals surface area contributed by atoms with Crippen LogP contribution < -0.4 is 10.2 Å². The van der Waals surface area contributed by atoms with E-state index in [1.807, 2.05) is 12.1 Å². The largest absolute Gasteiger partial charge is 0.382 e. The summed E-state index contributed by atoms with van der Waals surface area (Å²) in [4.78, 5) is 6.44. The number of aromatic nitrogens is 1. The van der Waals surface area contributed by atoms with Crippen LogP contribution in [0.15, 0.2) is 48.7 Å². The topological polar surface area (TPSA) is 28.2 Å². The molecule has 0 spiro atoms. The van der Waals surface area contributed by atoms with Gasteiger partial charge in [-0.2, -0.15) is 0 Å². The molecule has 0 radical (unpaired) electrons. The second-order valence-electron chi connectivity index (χ2n) is 5.11. The SMILES string of the molecule is Clc1cc(NC2CCN(c3ccccc3)CC2)ccn1. The van der Waals surface area contributed by atoms with Gasteiger partial charge in [0, 0.05) is 36.7 Å². The van der Waals surface area contributed by atoms with Gasteiger partial charge in [-0.05, 0) is 37.1 Å². The van der Waals surface area contributed by atoms with E-state index < -0.39 is 0 Å². The van der Waals surface area contributed by atoms with Crippen molar-refractivity contribution in [2.75, 3.05) is 23.3 Å². The molecule has 1 aromatic carbocycles. The van der Waals surface area contributed by atoms with Crippen molar-refractivity contribution in [1.82, 2.24) is 4.98 Å². The number of benzene rings is 1. The number of nitrogens with zero attached hydrogens (tertiary/aromatic N) is 2. The summed E-state index contributed by atoms with van der Waals surface area (Å²) in [5.41, 5.74) is 2.38. The lowest BCUT2D eigenvalue weighted by atomic mass is 10.0. The minimum Gasteiger partial charge on any atom is -0.382 e. The van der Waals surface area contributed by atoms with Crippen molar-refractivity contribution in [2.24, 2.45) is 0 Å². The maximum Gasteiger partial charge on any atom is 0.131 e. The molecule has 0 unspecified atom stereocenters. The minimum atomic E-state index is 0.508. The highest BCUT2D eigenvalue weighted by atomic mass is 35.5. The lowest BCUT2D eigenvalue weighted by Gasteiger charge is -2.34. The number of rotatable bonds is 3. The molecule has 0 atom stereocenters. The summed E-state index contributed by atoms with van der Waals surface area (Å²) in [5, 5.41) is 4.08. The van der Waals surface area contributed by atoms with Gasteiger partial charge in [0.25, 0.3) is 0 Å². The van der Waals surface area contributed by atoms with Crippen molar-refractivity contribution < 1.29 is 0 Å². The molecule has 0 amide bonds. The van der Waals surface area contributed by atoms with Gasteiger partial charge in [0.2, 0.25) is 0 Å². The third-order valence-corrected chi connectivity index (χ3v) is 3.92. The Bertz CT molecular complexity index is 551. The van der Waals surface area contributed by atoms with Crippen molar-refractivity contribution in [3.8, 4) is 0 Å². The Kier molecular flexibility index (Phi) is 4.07. The predicted octanol–water partition coefficient (Wildman–Crippen LogP) is 3.82. The molecule has 104 valence electrons. The highest BCUT2D eigenvalue weighted by Crippen LogP contribution is 2.22. The lowest BCUT2D eigenvalue weighted by molar-refractivity contribution is 0.527. The molecule has 3 rings (SSSR count). The number of hydrogen-bond acceptors (Lipinski definition) is 3. The van der Waals surface area contributed by atoms with Crippen LogP contribution in [0.2, 0.25) is 5.15 Å². The molecule has 1 aromatic heterocycles. The summed E-state index contributed by atoms with van der Waals surface area (Å²) in [6.45, 7) is 2.17. The average Bonchev–Trinajstić information content (AvgIpc) is 2.49. The van der Waals surface area contributed by atoms with Crippen LogP contribution in [0.25, 0.3) is 0 Å². The zero-order valence-electron chi connectivity index (χ0n) is 11.3. The van der Waals surface area contributed by atoms with Crippen LogP contribution in [0.3, 0.4) is 0 Å². The monoisotopic (exact) mass is 287 g/mol. The van der Waals surface area contributed by atoms with Gasteiger partial charge in [-0.3, -0.25) is 0 Å². The fourth-order valence-electron chi connectivity index (χ4n) is 2.65. The van der Waals surface area contributed by atoms with E-state index in [1.165, 1.54) is 5.69 Å². The highest BCUT2D eigenvalue weighted by Gasteiger charge is 2.19. The molecule has 0 bridgehead atoms. The Balaban J connectivity index is 1.56. The third-order valence-electron chi connectivity index (χ3n) is 3.71. The van der Waals surface area contributed by atoms with Crippen LogP contribution in [0.4, 0.5) is 11.4 Å². The van der Waals surface area contributed by atoms with Gasteiger partial charge in [-0.1, -0.05) is 29.8 Å².